The minimum Gasteiger partial charge on any atom is -0.492 e. The largest absolute Gasteiger partial charge is 0.492 e. The van der Waals surface area contributed by atoms with E-state index in [0.29, 0.717) is 18.7 Å². The SMILES string of the molecule is O=C(c1ccc(F)cc1)N(Cc1cccc(OCCN2CCCCC2)c1)C1CC1. The second kappa shape index (κ2) is 9.40. The first-order valence-electron chi connectivity index (χ1n) is 10.7. The van der Waals surface area contributed by atoms with Crippen molar-refractivity contribution in [2.45, 2.75) is 44.7 Å². The molecule has 1 amide bonds. The van der Waals surface area contributed by atoms with Gasteiger partial charge in [-0.2, -0.15) is 0 Å². The minimum atomic E-state index is -0.325. The monoisotopic (exact) mass is 396 g/mol. The van der Waals surface area contributed by atoms with Gasteiger partial charge in [0.15, 0.2) is 0 Å². The van der Waals surface area contributed by atoms with E-state index >= 15 is 0 Å². The first kappa shape index (κ1) is 19.9. The number of hydrogen-bond acceptors (Lipinski definition) is 3. The lowest BCUT2D eigenvalue weighted by Gasteiger charge is -2.26. The van der Waals surface area contributed by atoms with Gasteiger partial charge in [-0.25, -0.2) is 4.39 Å². The highest BCUT2D eigenvalue weighted by atomic mass is 19.1. The van der Waals surface area contributed by atoms with Gasteiger partial charge in [-0.3, -0.25) is 9.69 Å². The Kier molecular flexibility index (Phi) is 6.45. The number of halogens is 1. The van der Waals surface area contributed by atoms with Crippen LogP contribution in [0.5, 0.6) is 5.75 Å². The zero-order valence-corrected chi connectivity index (χ0v) is 16.9. The molecule has 29 heavy (non-hydrogen) atoms. The van der Waals surface area contributed by atoms with Crippen LogP contribution in [0.15, 0.2) is 48.5 Å². The Hall–Kier alpha value is -2.40. The topological polar surface area (TPSA) is 32.8 Å². The number of ether oxygens (including phenoxy) is 1. The molecule has 0 aromatic heterocycles. The number of rotatable bonds is 8. The Labute approximate surface area is 172 Å². The molecule has 2 aliphatic rings. The number of amides is 1. The van der Waals surface area contributed by atoms with E-state index < -0.39 is 0 Å². The van der Waals surface area contributed by atoms with Crippen LogP contribution in [0.3, 0.4) is 0 Å². The summed E-state index contributed by atoms with van der Waals surface area (Å²) in [5, 5.41) is 0. The number of benzene rings is 2. The van der Waals surface area contributed by atoms with Crippen molar-refractivity contribution in [3.8, 4) is 5.75 Å². The van der Waals surface area contributed by atoms with Gasteiger partial charge in [-0.1, -0.05) is 18.6 Å². The van der Waals surface area contributed by atoms with Crippen LogP contribution in [0.1, 0.15) is 48.0 Å². The molecule has 2 aromatic carbocycles. The molecule has 1 aliphatic carbocycles. The molecule has 4 rings (SSSR count). The molecule has 0 radical (unpaired) electrons. The molecular formula is C24H29FN2O2. The van der Waals surface area contributed by atoms with Gasteiger partial charge in [0.2, 0.25) is 0 Å². The average Bonchev–Trinajstić information content (AvgIpc) is 3.58. The number of nitrogens with zero attached hydrogens (tertiary/aromatic N) is 2. The van der Waals surface area contributed by atoms with Crippen molar-refractivity contribution < 1.29 is 13.9 Å². The summed E-state index contributed by atoms with van der Waals surface area (Å²) in [4.78, 5) is 17.3. The van der Waals surface area contributed by atoms with Crippen molar-refractivity contribution in [2.24, 2.45) is 0 Å². The number of piperidine rings is 1. The van der Waals surface area contributed by atoms with E-state index in [9.17, 15) is 9.18 Å². The zero-order chi connectivity index (χ0) is 20.1. The minimum absolute atomic E-state index is 0.0380. The van der Waals surface area contributed by atoms with Crippen LogP contribution in [0.25, 0.3) is 0 Å². The van der Waals surface area contributed by atoms with Crippen LogP contribution >= 0.6 is 0 Å². The van der Waals surface area contributed by atoms with Gasteiger partial charge in [0.25, 0.3) is 5.91 Å². The molecule has 1 saturated heterocycles. The zero-order valence-electron chi connectivity index (χ0n) is 16.9. The molecule has 2 aromatic rings. The summed E-state index contributed by atoms with van der Waals surface area (Å²) in [6.07, 6.45) is 5.97. The predicted molar refractivity (Wildman–Crippen MR) is 112 cm³/mol. The maximum atomic E-state index is 13.2. The molecular weight excluding hydrogens is 367 g/mol. The molecule has 1 aliphatic heterocycles. The van der Waals surface area contributed by atoms with Crippen LogP contribution < -0.4 is 4.74 Å². The van der Waals surface area contributed by atoms with Crippen molar-refractivity contribution >= 4 is 5.91 Å². The van der Waals surface area contributed by atoms with Crippen LogP contribution in [0, 0.1) is 5.82 Å². The van der Waals surface area contributed by atoms with Crippen LogP contribution in [-0.2, 0) is 6.54 Å². The Balaban J connectivity index is 1.36. The molecule has 4 nitrogen and oxygen atoms in total. The summed E-state index contributed by atoms with van der Waals surface area (Å²) < 4.78 is 19.2. The van der Waals surface area contributed by atoms with E-state index in [1.165, 1.54) is 44.5 Å². The first-order chi connectivity index (χ1) is 14.2. The standard InChI is InChI=1S/C24H29FN2O2/c25-21-9-7-20(8-10-21)24(28)27(22-11-12-22)18-19-5-4-6-23(17-19)29-16-15-26-13-2-1-3-14-26/h4-10,17,22H,1-3,11-16,18H2. The van der Waals surface area contributed by atoms with Crippen molar-refractivity contribution in [1.29, 1.82) is 0 Å². The summed E-state index contributed by atoms with van der Waals surface area (Å²) >= 11 is 0. The first-order valence-corrected chi connectivity index (χ1v) is 10.7. The fourth-order valence-electron chi connectivity index (χ4n) is 3.92. The fraction of sp³-hybridized carbons (Fsp3) is 0.458. The number of carbonyl (C=O) groups is 1. The van der Waals surface area contributed by atoms with Crippen molar-refractivity contribution in [3.05, 3.63) is 65.5 Å². The molecule has 0 atom stereocenters. The predicted octanol–water partition coefficient (Wildman–Crippen LogP) is 4.50. The second-order valence-electron chi connectivity index (χ2n) is 8.07. The average molecular weight is 397 g/mol. The third-order valence-electron chi connectivity index (χ3n) is 5.72. The summed E-state index contributed by atoms with van der Waals surface area (Å²) in [5.74, 6) is 0.488. The number of hydrogen-bond donors (Lipinski definition) is 0. The van der Waals surface area contributed by atoms with Crippen molar-refractivity contribution in [3.63, 3.8) is 0 Å². The fourth-order valence-corrected chi connectivity index (χ4v) is 3.92. The summed E-state index contributed by atoms with van der Waals surface area (Å²) in [6, 6.07) is 14.1. The molecule has 1 saturated carbocycles. The van der Waals surface area contributed by atoms with E-state index in [-0.39, 0.29) is 17.8 Å². The maximum Gasteiger partial charge on any atom is 0.254 e. The highest BCUT2D eigenvalue weighted by Crippen LogP contribution is 2.30. The maximum absolute atomic E-state index is 13.2. The van der Waals surface area contributed by atoms with E-state index in [1.54, 1.807) is 12.1 Å². The summed E-state index contributed by atoms with van der Waals surface area (Å²) in [7, 11) is 0. The molecule has 0 unspecified atom stereocenters. The Bertz CT molecular complexity index is 814. The number of carbonyl (C=O) groups excluding carboxylic acids is 1. The third kappa shape index (κ3) is 5.57. The summed E-state index contributed by atoms with van der Waals surface area (Å²) in [5.41, 5.74) is 1.59. The summed E-state index contributed by atoms with van der Waals surface area (Å²) in [6.45, 7) is 4.53. The molecule has 5 heteroatoms. The van der Waals surface area contributed by atoms with Crippen LogP contribution in [0.2, 0.25) is 0 Å². The molecule has 0 N–H and O–H groups in total. The lowest BCUT2D eigenvalue weighted by atomic mass is 10.1. The molecule has 154 valence electrons. The van der Waals surface area contributed by atoms with E-state index in [1.807, 2.05) is 29.2 Å². The van der Waals surface area contributed by atoms with E-state index in [2.05, 4.69) is 4.90 Å². The van der Waals surface area contributed by atoms with Gasteiger partial charge >= 0.3 is 0 Å². The van der Waals surface area contributed by atoms with Crippen molar-refractivity contribution in [1.82, 2.24) is 9.80 Å². The molecule has 1 heterocycles. The molecule has 2 fully saturated rings. The molecule has 0 spiro atoms. The lowest BCUT2D eigenvalue weighted by molar-refractivity contribution is 0.0729. The smallest absolute Gasteiger partial charge is 0.254 e. The Morgan fingerprint density at radius 1 is 1.07 bits per heavy atom. The number of likely N-dealkylation sites (tertiary alicyclic amines) is 1. The quantitative estimate of drug-likeness (QED) is 0.659. The van der Waals surface area contributed by atoms with Gasteiger partial charge in [-0.05, 0) is 80.7 Å². The lowest BCUT2D eigenvalue weighted by Crippen LogP contribution is -2.33. The molecule has 0 bridgehead atoms. The van der Waals surface area contributed by atoms with Crippen LogP contribution in [0.4, 0.5) is 4.39 Å². The van der Waals surface area contributed by atoms with Gasteiger partial charge in [0.1, 0.15) is 18.2 Å². The van der Waals surface area contributed by atoms with Gasteiger partial charge in [0, 0.05) is 24.7 Å². The van der Waals surface area contributed by atoms with Gasteiger partial charge in [0.05, 0.1) is 0 Å². The second-order valence-corrected chi connectivity index (χ2v) is 8.07. The van der Waals surface area contributed by atoms with Gasteiger partial charge in [-0.15, -0.1) is 0 Å². The highest BCUT2D eigenvalue weighted by Gasteiger charge is 2.33. The van der Waals surface area contributed by atoms with Crippen molar-refractivity contribution in [2.75, 3.05) is 26.2 Å². The Morgan fingerprint density at radius 2 is 1.83 bits per heavy atom. The van der Waals surface area contributed by atoms with Crippen LogP contribution in [-0.4, -0.2) is 48.0 Å². The van der Waals surface area contributed by atoms with E-state index in [4.69, 9.17) is 4.74 Å². The van der Waals surface area contributed by atoms with E-state index in [0.717, 1.165) is 30.7 Å². The third-order valence-corrected chi connectivity index (χ3v) is 5.72. The highest BCUT2D eigenvalue weighted by molar-refractivity contribution is 5.94. The normalized spacial score (nSPS) is 17.1. The Morgan fingerprint density at radius 3 is 2.55 bits per heavy atom. The van der Waals surface area contributed by atoms with Gasteiger partial charge < -0.3 is 9.64 Å².